The zero-order valence-electron chi connectivity index (χ0n) is 12.4. The minimum atomic E-state index is -0.108. The molecule has 21 heavy (non-hydrogen) atoms. The van der Waals surface area contributed by atoms with E-state index < -0.39 is 0 Å². The van der Waals surface area contributed by atoms with Crippen molar-refractivity contribution in [1.82, 2.24) is 9.36 Å². The summed E-state index contributed by atoms with van der Waals surface area (Å²) < 4.78 is 10.0. The van der Waals surface area contributed by atoms with Gasteiger partial charge in [-0.05, 0) is 37.4 Å². The largest absolute Gasteiger partial charge is 0.382 e. The van der Waals surface area contributed by atoms with Crippen LogP contribution in [0.4, 0.5) is 10.8 Å². The van der Waals surface area contributed by atoms with E-state index in [4.69, 9.17) is 10.5 Å². The van der Waals surface area contributed by atoms with Crippen molar-refractivity contribution in [2.75, 3.05) is 30.8 Å². The fraction of sp³-hybridized carbons (Fsp3) is 0.467. The molecule has 1 fully saturated rings. The highest BCUT2D eigenvalue weighted by molar-refractivity contribution is 7.11. The summed E-state index contributed by atoms with van der Waals surface area (Å²) in [4.78, 5) is 6.53. The van der Waals surface area contributed by atoms with Crippen LogP contribution in [0.25, 0.3) is 11.1 Å². The topological polar surface area (TPSA) is 64.3 Å². The van der Waals surface area contributed by atoms with E-state index >= 15 is 0 Å². The third-order valence-electron chi connectivity index (χ3n) is 4.09. The number of nitrogens with two attached hydrogens (primary N) is 1. The van der Waals surface area contributed by atoms with Gasteiger partial charge in [-0.25, -0.2) is 0 Å². The molecule has 0 spiro atoms. The van der Waals surface area contributed by atoms with Crippen LogP contribution in [0.3, 0.4) is 0 Å². The molecule has 3 rings (SSSR count). The number of nitrogen functional groups attached to an aromatic ring is 1. The number of ether oxygens (including phenoxy) is 1. The van der Waals surface area contributed by atoms with Gasteiger partial charge in [0.15, 0.2) is 0 Å². The van der Waals surface area contributed by atoms with Crippen molar-refractivity contribution in [3.05, 3.63) is 24.5 Å². The molecule has 0 radical (unpaired) electrons. The van der Waals surface area contributed by atoms with Gasteiger partial charge in [0.25, 0.3) is 0 Å². The van der Waals surface area contributed by atoms with Gasteiger partial charge in [-0.1, -0.05) is 6.07 Å². The molecule has 1 aliphatic heterocycles. The van der Waals surface area contributed by atoms with E-state index in [1.807, 2.05) is 18.3 Å². The van der Waals surface area contributed by atoms with Crippen LogP contribution >= 0.6 is 11.5 Å². The molecule has 0 bridgehead atoms. The Bertz CT molecular complexity index is 615. The number of anilines is 2. The second-order valence-electron chi connectivity index (χ2n) is 5.67. The van der Waals surface area contributed by atoms with Gasteiger partial charge in [0, 0.05) is 38.2 Å². The first-order valence-corrected chi connectivity index (χ1v) is 7.86. The maximum Gasteiger partial charge on any atom is 0.147 e. The lowest BCUT2D eigenvalue weighted by molar-refractivity contribution is -0.00449. The average Bonchev–Trinajstić information content (AvgIpc) is 2.90. The zero-order valence-corrected chi connectivity index (χ0v) is 13.2. The van der Waals surface area contributed by atoms with Crippen LogP contribution in [0.5, 0.6) is 0 Å². The molecule has 2 aromatic heterocycles. The normalized spacial score (nSPS) is 22.5. The molecule has 1 aliphatic rings. The quantitative estimate of drug-likeness (QED) is 0.944. The number of pyridine rings is 1. The highest BCUT2D eigenvalue weighted by Gasteiger charge is 2.33. The molecule has 0 aromatic carbocycles. The summed E-state index contributed by atoms with van der Waals surface area (Å²) in [6.45, 7) is 4.03. The molecular formula is C15H20N4OS. The van der Waals surface area contributed by atoms with Gasteiger partial charge >= 0.3 is 0 Å². The van der Waals surface area contributed by atoms with Crippen LogP contribution in [-0.4, -0.2) is 35.2 Å². The summed E-state index contributed by atoms with van der Waals surface area (Å²) in [5.41, 5.74) is 8.00. The minimum absolute atomic E-state index is 0.108. The average molecular weight is 304 g/mol. The Labute approximate surface area is 128 Å². The Kier molecular flexibility index (Phi) is 3.82. The number of hydrogen-bond acceptors (Lipinski definition) is 6. The maximum absolute atomic E-state index is 6.09. The first-order chi connectivity index (χ1) is 10.1. The monoisotopic (exact) mass is 304 g/mol. The molecule has 0 aliphatic carbocycles. The Hall–Kier alpha value is -1.66. The second-order valence-corrected chi connectivity index (χ2v) is 6.42. The summed E-state index contributed by atoms with van der Waals surface area (Å²) in [5.74, 6) is 0.577. The van der Waals surface area contributed by atoms with E-state index in [1.54, 1.807) is 13.3 Å². The molecular weight excluding hydrogens is 284 g/mol. The Morgan fingerprint density at radius 2 is 2.33 bits per heavy atom. The second kappa shape index (κ2) is 5.61. The van der Waals surface area contributed by atoms with Crippen LogP contribution in [0, 0.1) is 0 Å². The van der Waals surface area contributed by atoms with Gasteiger partial charge in [-0.15, -0.1) is 0 Å². The number of nitrogens with zero attached hydrogens (tertiary/aromatic N) is 3. The molecule has 0 saturated carbocycles. The molecule has 2 N–H and O–H groups in total. The number of aromatic nitrogens is 2. The third kappa shape index (κ3) is 2.73. The Morgan fingerprint density at radius 1 is 1.48 bits per heavy atom. The summed E-state index contributed by atoms with van der Waals surface area (Å²) in [7, 11) is 1.78. The summed E-state index contributed by atoms with van der Waals surface area (Å²) >= 11 is 1.46. The van der Waals surface area contributed by atoms with Gasteiger partial charge in [0.1, 0.15) is 10.8 Å². The molecule has 1 atom stereocenters. The molecule has 2 aromatic rings. The van der Waals surface area contributed by atoms with Gasteiger partial charge in [-0.2, -0.15) is 4.37 Å². The van der Waals surface area contributed by atoms with Crippen molar-refractivity contribution >= 4 is 22.4 Å². The van der Waals surface area contributed by atoms with Gasteiger partial charge in [0.2, 0.25) is 0 Å². The lowest BCUT2D eigenvalue weighted by Crippen LogP contribution is -2.47. The highest BCUT2D eigenvalue weighted by Crippen LogP contribution is 2.41. The SMILES string of the molecule is COC1(C)CCCN(c2snc(N)c2-c2cccnc2)C1. The highest BCUT2D eigenvalue weighted by atomic mass is 32.1. The third-order valence-corrected chi connectivity index (χ3v) is 5.01. The van der Waals surface area contributed by atoms with Crippen LogP contribution in [-0.2, 0) is 4.74 Å². The van der Waals surface area contributed by atoms with Gasteiger partial charge < -0.3 is 15.4 Å². The van der Waals surface area contributed by atoms with Crippen molar-refractivity contribution in [3.63, 3.8) is 0 Å². The predicted octanol–water partition coefficient (Wildman–Crippen LogP) is 2.79. The van der Waals surface area contributed by atoms with Gasteiger partial charge in [0.05, 0.1) is 11.2 Å². The molecule has 0 amide bonds. The van der Waals surface area contributed by atoms with Gasteiger partial charge in [-0.3, -0.25) is 4.98 Å². The number of piperidine rings is 1. The number of methoxy groups -OCH3 is 1. The van der Waals surface area contributed by atoms with E-state index in [9.17, 15) is 0 Å². The van der Waals surface area contributed by atoms with E-state index in [0.29, 0.717) is 5.82 Å². The van der Waals surface area contributed by atoms with E-state index in [1.165, 1.54) is 11.5 Å². The number of hydrogen-bond donors (Lipinski definition) is 1. The summed E-state index contributed by atoms with van der Waals surface area (Å²) in [6, 6.07) is 3.95. The zero-order chi connectivity index (χ0) is 14.9. The minimum Gasteiger partial charge on any atom is -0.382 e. The maximum atomic E-state index is 6.09. The van der Waals surface area contributed by atoms with Crippen molar-refractivity contribution in [3.8, 4) is 11.1 Å². The standard InChI is InChI=1S/C15H20N4OS/c1-15(20-2)6-4-8-19(10-15)14-12(13(16)18-21-14)11-5-3-7-17-9-11/h3,5,7,9H,4,6,8,10H2,1-2H3,(H2,16,18). The van der Waals surface area contributed by atoms with Crippen LogP contribution in [0.2, 0.25) is 0 Å². The predicted molar refractivity (Wildman–Crippen MR) is 86.6 cm³/mol. The molecule has 1 unspecified atom stereocenters. The van der Waals surface area contributed by atoms with E-state index in [0.717, 1.165) is 42.1 Å². The van der Waals surface area contributed by atoms with Crippen molar-refractivity contribution in [2.45, 2.75) is 25.4 Å². The van der Waals surface area contributed by atoms with Crippen molar-refractivity contribution in [2.24, 2.45) is 0 Å². The fourth-order valence-corrected chi connectivity index (χ4v) is 3.70. The van der Waals surface area contributed by atoms with Crippen molar-refractivity contribution in [1.29, 1.82) is 0 Å². The Balaban J connectivity index is 1.97. The summed E-state index contributed by atoms with van der Waals surface area (Å²) in [6.07, 6.45) is 5.79. The van der Waals surface area contributed by atoms with Crippen LogP contribution in [0.1, 0.15) is 19.8 Å². The lowest BCUT2D eigenvalue weighted by atomic mass is 9.94. The lowest BCUT2D eigenvalue weighted by Gasteiger charge is -2.40. The molecule has 112 valence electrons. The molecule has 6 heteroatoms. The smallest absolute Gasteiger partial charge is 0.147 e. The van der Waals surface area contributed by atoms with E-state index in [2.05, 4.69) is 21.2 Å². The Morgan fingerprint density at radius 3 is 3.05 bits per heavy atom. The molecule has 5 nitrogen and oxygen atoms in total. The first kappa shape index (κ1) is 14.3. The molecule has 1 saturated heterocycles. The molecule has 3 heterocycles. The summed E-state index contributed by atoms with van der Waals surface area (Å²) in [5, 5.41) is 1.11. The van der Waals surface area contributed by atoms with Crippen molar-refractivity contribution < 1.29 is 4.74 Å². The van der Waals surface area contributed by atoms with Crippen LogP contribution in [0.15, 0.2) is 24.5 Å². The fourth-order valence-electron chi connectivity index (χ4n) is 2.84. The van der Waals surface area contributed by atoms with E-state index in [-0.39, 0.29) is 5.60 Å². The number of rotatable bonds is 3. The van der Waals surface area contributed by atoms with Crippen LogP contribution < -0.4 is 10.6 Å². The first-order valence-electron chi connectivity index (χ1n) is 7.08.